The third-order valence-electron chi connectivity index (χ3n) is 4.70. The Morgan fingerprint density at radius 1 is 1.24 bits per heavy atom. The maximum absolute atomic E-state index is 12.5. The number of halogens is 1. The Labute approximate surface area is 159 Å². The van der Waals surface area contributed by atoms with Crippen LogP contribution < -0.4 is 10.6 Å². The molecule has 1 unspecified atom stereocenters. The molecule has 25 heavy (non-hydrogen) atoms. The Morgan fingerprint density at radius 2 is 2.08 bits per heavy atom. The lowest BCUT2D eigenvalue weighted by Gasteiger charge is -2.43. The number of hydrogen-bond donors (Lipinski definition) is 2. The molecule has 2 aromatic rings. The molecule has 2 aliphatic rings. The predicted octanol–water partition coefficient (Wildman–Crippen LogP) is 3.40. The van der Waals surface area contributed by atoms with Gasteiger partial charge in [-0.05, 0) is 29.8 Å². The highest BCUT2D eigenvalue weighted by molar-refractivity contribution is 9.10. The Hall–Kier alpha value is -1.63. The van der Waals surface area contributed by atoms with E-state index in [0.717, 1.165) is 16.8 Å². The molecule has 0 aromatic heterocycles. The third-order valence-corrected chi connectivity index (χ3v) is 6.36. The minimum absolute atomic E-state index is 0.0663. The number of amides is 1. The Bertz CT molecular complexity index is 813. The van der Waals surface area contributed by atoms with Gasteiger partial charge in [0.2, 0.25) is 0 Å². The summed E-state index contributed by atoms with van der Waals surface area (Å²) in [7, 11) is 0. The molecule has 1 fully saturated rings. The second-order valence-corrected chi connectivity index (χ2v) is 8.32. The zero-order valence-electron chi connectivity index (χ0n) is 13.5. The van der Waals surface area contributed by atoms with E-state index in [4.69, 9.17) is 0 Å². The van der Waals surface area contributed by atoms with Gasteiger partial charge in [-0.25, -0.2) is 0 Å². The van der Waals surface area contributed by atoms with Crippen molar-refractivity contribution in [1.29, 1.82) is 0 Å². The molecule has 0 bridgehead atoms. The van der Waals surface area contributed by atoms with E-state index in [2.05, 4.69) is 43.7 Å². The number of fused-ring (bicyclic) bond motifs is 1. The van der Waals surface area contributed by atoms with Crippen molar-refractivity contribution in [3.05, 3.63) is 70.2 Å². The van der Waals surface area contributed by atoms with Crippen molar-refractivity contribution < 1.29 is 4.79 Å². The van der Waals surface area contributed by atoms with Gasteiger partial charge in [0.1, 0.15) is 5.50 Å². The first-order valence-corrected chi connectivity index (χ1v) is 10.0. The number of carbonyl (C=O) groups is 1. The number of aliphatic imine (C=N–C) groups is 1. The van der Waals surface area contributed by atoms with Crippen LogP contribution in [0.5, 0.6) is 0 Å². The highest BCUT2D eigenvalue weighted by Crippen LogP contribution is 2.40. The van der Waals surface area contributed by atoms with Gasteiger partial charge in [-0.3, -0.25) is 15.1 Å². The molecule has 2 aromatic carbocycles. The highest BCUT2D eigenvalue weighted by atomic mass is 79.9. The van der Waals surface area contributed by atoms with E-state index in [1.807, 2.05) is 48.7 Å². The van der Waals surface area contributed by atoms with Crippen molar-refractivity contribution in [2.45, 2.75) is 11.0 Å². The van der Waals surface area contributed by atoms with E-state index < -0.39 is 0 Å². The third kappa shape index (κ3) is 3.26. The summed E-state index contributed by atoms with van der Waals surface area (Å²) in [6.45, 7) is 0.811. The molecule has 1 amide bonds. The van der Waals surface area contributed by atoms with Gasteiger partial charge >= 0.3 is 0 Å². The molecule has 0 spiro atoms. The minimum Gasteiger partial charge on any atom is -0.328 e. The van der Waals surface area contributed by atoms with Crippen LogP contribution in [0.1, 0.15) is 15.9 Å². The van der Waals surface area contributed by atoms with Gasteiger partial charge in [-0.1, -0.05) is 46.3 Å². The molecule has 0 radical (unpaired) electrons. The smallest absolute Gasteiger partial charge is 0.253 e. The summed E-state index contributed by atoms with van der Waals surface area (Å²) in [5, 5.41) is 6.73. The number of thioether (sulfide) groups is 1. The van der Waals surface area contributed by atoms with Crippen molar-refractivity contribution >= 4 is 39.8 Å². The van der Waals surface area contributed by atoms with E-state index >= 15 is 0 Å². The lowest BCUT2D eigenvalue weighted by molar-refractivity contribution is 0.0938. The topological polar surface area (TPSA) is 53.5 Å². The Morgan fingerprint density at radius 3 is 2.88 bits per heavy atom. The normalized spacial score (nSPS) is 27.7. The Balaban J connectivity index is 1.57. The molecule has 6 heteroatoms. The predicted molar refractivity (Wildman–Crippen MR) is 106 cm³/mol. The van der Waals surface area contributed by atoms with Gasteiger partial charge in [0, 0.05) is 34.5 Å². The molecule has 2 heterocycles. The van der Waals surface area contributed by atoms with Gasteiger partial charge in [-0.15, -0.1) is 11.8 Å². The SMILES string of the molecule is O=C(NC1N[C@@]2(c3cccc(Br)c3)C=NC[C@H]2CS1)c1ccccc1. The van der Waals surface area contributed by atoms with E-state index in [-0.39, 0.29) is 16.9 Å². The standard InChI is InChI=1S/C19H18BrN3OS/c20-16-8-4-7-14(9-16)19-12-21-10-15(19)11-25-18(23-19)22-17(24)13-5-2-1-3-6-13/h1-9,12,15,18,23H,10-11H2,(H,22,24)/t15-,18?,19+/m0/s1. The van der Waals surface area contributed by atoms with E-state index in [1.54, 1.807) is 11.8 Å². The van der Waals surface area contributed by atoms with E-state index in [9.17, 15) is 4.79 Å². The number of carbonyl (C=O) groups excluding carboxylic acids is 1. The molecule has 2 N–H and O–H groups in total. The van der Waals surface area contributed by atoms with E-state index in [1.165, 1.54) is 5.56 Å². The van der Waals surface area contributed by atoms with Crippen LogP contribution in [-0.2, 0) is 5.54 Å². The molecule has 2 aliphatic heterocycles. The average molecular weight is 416 g/mol. The summed E-state index contributed by atoms with van der Waals surface area (Å²) in [5.74, 6) is 1.26. The molecule has 0 saturated carbocycles. The largest absolute Gasteiger partial charge is 0.328 e. The molecular formula is C19H18BrN3OS. The average Bonchev–Trinajstić information content (AvgIpc) is 3.07. The van der Waals surface area contributed by atoms with Crippen LogP contribution in [0.4, 0.5) is 0 Å². The number of benzene rings is 2. The van der Waals surface area contributed by atoms with Crippen LogP contribution in [0, 0.1) is 5.92 Å². The van der Waals surface area contributed by atoms with Crippen LogP contribution in [0.3, 0.4) is 0 Å². The monoisotopic (exact) mass is 415 g/mol. The Kier molecular flexibility index (Phi) is 4.67. The van der Waals surface area contributed by atoms with Gasteiger partial charge in [-0.2, -0.15) is 0 Å². The lowest BCUT2D eigenvalue weighted by Crippen LogP contribution is -2.60. The maximum atomic E-state index is 12.5. The summed E-state index contributed by atoms with van der Waals surface area (Å²) >= 11 is 5.29. The first-order chi connectivity index (χ1) is 12.2. The summed E-state index contributed by atoms with van der Waals surface area (Å²) in [5.41, 5.74) is 1.35. The van der Waals surface area contributed by atoms with Crippen molar-refractivity contribution in [2.75, 3.05) is 12.3 Å². The van der Waals surface area contributed by atoms with Crippen LogP contribution >= 0.6 is 27.7 Å². The zero-order valence-corrected chi connectivity index (χ0v) is 15.9. The molecule has 4 rings (SSSR count). The van der Waals surface area contributed by atoms with Crippen LogP contribution in [0.2, 0.25) is 0 Å². The van der Waals surface area contributed by atoms with Crippen molar-refractivity contribution in [2.24, 2.45) is 10.9 Å². The number of nitrogens with one attached hydrogen (secondary N) is 2. The summed E-state index contributed by atoms with van der Waals surface area (Å²) in [6, 6.07) is 17.6. The van der Waals surface area contributed by atoms with Crippen LogP contribution in [0.15, 0.2) is 64.1 Å². The van der Waals surface area contributed by atoms with Crippen molar-refractivity contribution in [3.63, 3.8) is 0 Å². The zero-order chi connectivity index (χ0) is 17.3. The second kappa shape index (κ2) is 6.94. The molecule has 3 atom stereocenters. The quantitative estimate of drug-likeness (QED) is 0.807. The van der Waals surface area contributed by atoms with Crippen molar-refractivity contribution in [1.82, 2.24) is 10.6 Å². The first-order valence-electron chi connectivity index (χ1n) is 8.20. The summed E-state index contributed by atoms with van der Waals surface area (Å²) in [4.78, 5) is 17.0. The molecule has 0 aliphatic carbocycles. The van der Waals surface area contributed by atoms with E-state index in [0.29, 0.717) is 11.5 Å². The molecule has 128 valence electrons. The molecule has 1 saturated heterocycles. The fourth-order valence-electron chi connectivity index (χ4n) is 3.39. The molecule has 4 nitrogen and oxygen atoms in total. The van der Waals surface area contributed by atoms with Crippen molar-refractivity contribution in [3.8, 4) is 0 Å². The summed E-state index contributed by atoms with van der Waals surface area (Å²) in [6.07, 6.45) is 2.01. The fraction of sp³-hybridized carbons (Fsp3) is 0.263. The van der Waals surface area contributed by atoms with Gasteiger partial charge in [0.25, 0.3) is 5.91 Å². The number of rotatable bonds is 3. The highest BCUT2D eigenvalue weighted by Gasteiger charge is 2.47. The lowest BCUT2D eigenvalue weighted by atomic mass is 9.81. The number of hydrogen-bond acceptors (Lipinski definition) is 4. The first kappa shape index (κ1) is 16.8. The molecular weight excluding hydrogens is 398 g/mol. The van der Waals surface area contributed by atoms with Crippen LogP contribution in [-0.4, -0.2) is 29.9 Å². The van der Waals surface area contributed by atoms with Crippen LogP contribution in [0.25, 0.3) is 0 Å². The van der Waals surface area contributed by atoms with Gasteiger partial charge in [0.05, 0.1) is 5.54 Å². The van der Waals surface area contributed by atoms with Gasteiger partial charge < -0.3 is 5.32 Å². The maximum Gasteiger partial charge on any atom is 0.253 e. The fourth-order valence-corrected chi connectivity index (χ4v) is 5.05. The second-order valence-electron chi connectivity index (χ2n) is 6.27. The summed E-state index contributed by atoms with van der Waals surface area (Å²) < 4.78 is 1.04. The minimum atomic E-state index is -0.330. The van der Waals surface area contributed by atoms with Gasteiger partial charge in [0.15, 0.2) is 0 Å². The number of nitrogens with zero attached hydrogens (tertiary/aromatic N) is 1.